The van der Waals surface area contributed by atoms with Gasteiger partial charge in [0.05, 0.1) is 23.7 Å². The van der Waals surface area contributed by atoms with E-state index in [9.17, 15) is 5.11 Å². The van der Waals surface area contributed by atoms with Gasteiger partial charge >= 0.3 is 0 Å². The van der Waals surface area contributed by atoms with E-state index in [2.05, 4.69) is 4.90 Å². The molecule has 0 saturated carbocycles. The third-order valence-corrected chi connectivity index (χ3v) is 4.78. The lowest BCUT2D eigenvalue weighted by atomic mass is 10.3. The van der Waals surface area contributed by atoms with Crippen LogP contribution >= 0.6 is 34.3 Å². The van der Waals surface area contributed by atoms with E-state index in [4.69, 9.17) is 16.3 Å². The van der Waals surface area contributed by atoms with Crippen molar-refractivity contribution in [3.8, 4) is 0 Å². The SMILES string of the molecule is CN(Cc1ccc(Cl)s1)C[C@H](O)COCc1cccs1. The van der Waals surface area contributed by atoms with Gasteiger partial charge in [-0.1, -0.05) is 17.7 Å². The third-order valence-electron chi connectivity index (χ3n) is 2.71. The van der Waals surface area contributed by atoms with Crippen LogP contribution in [0.3, 0.4) is 0 Å². The fourth-order valence-corrected chi connectivity index (χ4v) is 3.68. The Morgan fingerprint density at radius 3 is 2.85 bits per heavy atom. The fraction of sp³-hybridized carbons (Fsp3) is 0.429. The van der Waals surface area contributed by atoms with Crippen molar-refractivity contribution in [2.75, 3.05) is 20.2 Å². The van der Waals surface area contributed by atoms with Crippen LogP contribution < -0.4 is 0 Å². The van der Waals surface area contributed by atoms with Crippen molar-refractivity contribution in [2.24, 2.45) is 0 Å². The third kappa shape index (κ3) is 5.52. The van der Waals surface area contributed by atoms with Gasteiger partial charge in [0.15, 0.2) is 0 Å². The molecule has 1 N–H and O–H groups in total. The normalized spacial score (nSPS) is 13.0. The second kappa shape index (κ2) is 8.12. The molecule has 0 aliphatic heterocycles. The number of hydrogen-bond donors (Lipinski definition) is 1. The molecule has 6 heteroatoms. The van der Waals surface area contributed by atoms with Gasteiger partial charge in [-0.15, -0.1) is 22.7 Å². The summed E-state index contributed by atoms with van der Waals surface area (Å²) in [4.78, 5) is 4.45. The molecule has 1 atom stereocenters. The zero-order valence-corrected chi connectivity index (χ0v) is 13.7. The fourth-order valence-electron chi connectivity index (χ4n) is 1.87. The molecule has 0 aliphatic carbocycles. The van der Waals surface area contributed by atoms with Crippen LogP contribution in [0.2, 0.25) is 4.34 Å². The standard InChI is InChI=1S/C14H18ClNO2S2/c1-16(8-12-4-5-14(15)20-12)7-11(17)9-18-10-13-3-2-6-19-13/h2-6,11,17H,7-10H2,1H3/t11-/m0/s1. The number of halogens is 1. The number of rotatable bonds is 8. The lowest BCUT2D eigenvalue weighted by Gasteiger charge is -2.19. The molecule has 20 heavy (non-hydrogen) atoms. The average molecular weight is 332 g/mol. The van der Waals surface area contributed by atoms with Crippen molar-refractivity contribution in [1.29, 1.82) is 0 Å². The van der Waals surface area contributed by atoms with Crippen molar-refractivity contribution < 1.29 is 9.84 Å². The maximum Gasteiger partial charge on any atom is 0.0931 e. The van der Waals surface area contributed by atoms with Crippen LogP contribution in [0.4, 0.5) is 0 Å². The summed E-state index contributed by atoms with van der Waals surface area (Å²) < 4.78 is 6.31. The molecule has 0 unspecified atom stereocenters. The summed E-state index contributed by atoms with van der Waals surface area (Å²) in [7, 11) is 1.98. The maximum absolute atomic E-state index is 9.95. The average Bonchev–Trinajstić information content (AvgIpc) is 3.01. The molecule has 2 aromatic rings. The quantitative estimate of drug-likeness (QED) is 0.804. The van der Waals surface area contributed by atoms with Crippen molar-refractivity contribution in [2.45, 2.75) is 19.3 Å². The molecule has 0 radical (unpaired) electrons. The van der Waals surface area contributed by atoms with Gasteiger partial charge in [0, 0.05) is 22.8 Å². The van der Waals surface area contributed by atoms with Crippen LogP contribution in [-0.2, 0) is 17.9 Å². The summed E-state index contributed by atoms with van der Waals surface area (Å²) in [6.07, 6.45) is -0.476. The minimum Gasteiger partial charge on any atom is -0.389 e. The van der Waals surface area contributed by atoms with Gasteiger partial charge < -0.3 is 9.84 Å². The van der Waals surface area contributed by atoms with Gasteiger partial charge in [0.25, 0.3) is 0 Å². The van der Waals surface area contributed by atoms with Crippen molar-refractivity contribution in [1.82, 2.24) is 4.90 Å². The van der Waals surface area contributed by atoms with Gasteiger partial charge in [-0.05, 0) is 30.6 Å². The lowest BCUT2D eigenvalue weighted by Crippen LogP contribution is -2.31. The van der Waals surface area contributed by atoms with E-state index in [-0.39, 0.29) is 0 Å². The van der Waals surface area contributed by atoms with Crippen LogP contribution in [-0.4, -0.2) is 36.3 Å². The molecule has 0 amide bonds. The van der Waals surface area contributed by atoms with Crippen LogP contribution in [0.5, 0.6) is 0 Å². The highest BCUT2D eigenvalue weighted by Gasteiger charge is 2.10. The summed E-state index contributed by atoms with van der Waals surface area (Å²) in [6.45, 7) is 2.30. The number of aliphatic hydroxyl groups excluding tert-OH is 1. The van der Waals surface area contributed by atoms with E-state index in [0.29, 0.717) is 19.8 Å². The molecule has 2 aromatic heterocycles. The summed E-state index contributed by atoms with van der Waals surface area (Å²) in [5.74, 6) is 0. The second-order valence-corrected chi connectivity index (χ2v) is 7.48. The number of likely N-dealkylation sites (N-methyl/N-ethyl adjacent to an activating group) is 1. The summed E-state index contributed by atoms with van der Waals surface area (Å²) in [6, 6.07) is 7.95. The molecule has 0 bridgehead atoms. The van der Waals surface area contributed by atoms with Gasteiger partial charge in [-0.3, -0.25) is 4.90 Å². The topological polar surface area (TPSA) is 32.7 Å². The molecule has 0 aliphatic rings. The first-order valence-electron chi connectivity index (χ1n) is 6.34. The first kappa shape index (κ1) is 15.9. The Labute approximate surface area is 132 Å². The number of ether oxygens (including phenoxy) is 1. The molecular formula is C14H18ClNO2S2. The predicted molar refractivity (Wildman–Crippen MR) is 85.6 cm³/mol. The summed E-state index contributed by atoms with van der Waals surface area (Å²) >= 11 is 9.13. The molecule has 2 heterocycles. The Morgan fingerprint density at radius 2 is 2.20 bits per heavy atom. The monoisotopic (exact) mass is 331 g/mol. The van der Waals surface area contributed by atoms with E-state index >= 15 is 0 Å². The highest BCUT2D eigenvalue weighted by atomic mass is 35.5. The first-order chi connectivity index (χ1) is 9.63. The number of nitrogens with zero attached hydrogens (tertiary/aromatic N) is 1. The van der Waals surface area contributed by atoms with E-state index in [1.54, 1.807) is 22.7 Å². The van der Waals surface area contributed by atoms with Gasteiger partial charge in [0.2, 0.25) is 0 Å². The van der Waals surface area contributed by atoms with Gasteiger partial charge in [0.1, 0.15) is 0 Å². The van der Waals surface area contributed by atoms with Crippen molar-refractivity contribution in [3.05, 3.63) is 43.7 Å². The van der Waals surface area contributed by atoms with Crippen LogP contribution in [0.1, 0.15) is 9.75 Å². The second-order valence-electron chi connectivity index (χ2n) is 4.65. The molecule has 110 valence electrons. The highest BCUT2D eigenvalue weighted by Crippen LogP contribution is 2.22. The summed E-state index contributed by atoms with van der Waals surface area (Å²) in [5, 5.41) is 12.0. The number of aliphatic hydroxyl groups is 1. The van der Waals surface area contributed by atoms with E-state index < -0.39 is 6.10 Å². The predicted octanol–water partition coefficient (Wildman–Crippen LogP) is 3.47. The van der Waals surface area contributed by atoms with E-state index in [1.165, 1.54) is 9.75 Å². The number of thiophene rings is 2. The van der Waals surface area contributed by atoms with Crippen molar-refractivity contribution >= 4 is 34.3 Å². The smallest absolute Gasteiger partial charge is 0.0931 e. The molecule has 3 nitrogen and oxygen atoms in total. The Hall–Kier alpha value is -0.430. The molecule has 0 aromatic carbocycles. The lowest BCUT2D eigenvalue weighted by molar-refractivity contribution is 0.0136. The first-order valence-corrected chi connectivity index (χ1v) is 8.42. The molecule has 0 saturated heterocycles. The molecule has 2 rings (SSSR count). The highest BCUT2D eigenvalue weighted by molar-refractivity contribution is 7.16. The van der Waals surface area contributed by atoms with Crippen LogP contribution in [0, 0.1) is 0 Å². The van der Waals surface area contributed by atoms with Crippen LogP contribution in [0.15, 0.2) is 29.6 Å². The van der Waals surface area contributed by atoms with Crippen molar-refractivity contribution in [3.63, 3.8) is 0 Å². The van der Waals surface area contributed by atoms with E-state index in [1.807, 2.05) is 36.7 Å². The molecule has 0 fully saturated rings. The largest absolute Gasteiger partial charge is 0.389 e. The zero-order valence-electron chi connectivity index (χ0n) is 11.3. The Kier molecular flexibility index (Phi) is 6.48. The number of hydrogen-bond acceptors (Lipinski definition) is 5. The Bertz CT molecular complexity index is 501. The molecule has 0 spiro atoms. The van der Waals surface area contributed by atoms with Gasteiger partial charge in [-0.25, -0.2) is 0 Å². The van der Waals surface area contributed by atoms with Gasteiger partial charge in [-0.2, -0.15) is 0 Å². The van der Waals surface area contributed by atoms with Crippen LogP contribution in [0.25, 0.3) is 0 Å². The Morgan fingerprint density at radius 1 is 1.35 bits per heavy atom. The maximum atomic E-state index is 9.95. The van der Waals surface area contributed by atoms with E-state index in [0.717, 1.165) is 10.9 Å². The Balaban J connectivity index is 1.64. The minimum absolute atomic E-state index is 0.355. The minimum atomic E-state index is -0.476. The summed E-state index contributed by atoms with van der Waals surface area (Å²) in [5.41, 5.74) is 0. The molecular weight excluding hydrogens is 314 g/mol. The zero-order chi connectivity index (χ0) is 14.4.